The molecule has 28 heavy (non-hydrogen) atoms. The molecule has 0 spiro atoms. The van der Waals surface area contributed by atoms with E-state index in [1.807, 2.05) is 13.8 Å². The first-order valence-corrected chi connectivity index (χ1v) is 8.84. The van der Waals surface area contributed by atoms with Crippen molar-refractivity contribution in [3.63, 3.8) is 0 Å². The molecule has 1 fully saturated rings. The number of alkyl halides is 6. The Morgan fingerprint density at radius 3 is 1.93 bits per heavy atom. The number of ketones is 1. The summed E-state index contributed by atoms with van der Waals surface area (Å²) in [4.78, 5) is 12.1. The van der Waals surface area contributed by atoms with Gasteiger partial charge in [0.1, 0.15) is 0 Å². The summed E-state index contributed by atoms with van der Waals surface area (Å²) in [5.74, 6) is -0.761. The summed E-state index contributed by atoms with van der Waals surface area (Å²) < 4.78 is 88.2. The molecule has 158 valence electrons. The molecule has 0 radical (unpaired) electrons. The van der Waals surface area contributed by atoms with Gasteiger partial charge in [0.25, 0.3) is 0 Å². The molecule has 9 heteroatoms. The van der Waals surface area contributed by atoms with Crippen molar-refractivity contribution in [1.82, 2.24) is 0 Å². The summed E-state index contributed by atoms with van der Waals surface area (Å²) in [7, 11) is 0. The van der Waals surface area contributed by atoms with Gasteiger partial charge in [0.15, 0.2) is 12.1 Å². The zero-order valence-electron chi connectivity index (χ0n) is 15.5. The molecule has 1 aromatic carbocycles. The lowest BCUT2D eigenvalue weighted by Gasteiger charge is -2.34. The summed E-state index contributed by atoms with van der Waals surface area (Å²) >= 11 is 0. The highest BCUT2D eigenvalue weighted by atomic mass is 19.4. The number of ether oxygens (including phenoxy) is 2. The number of Topliss-reactive ketones (excluding diaryl/α,β-unsaturated/α-hetero) is 1. The summed E-state index contributed by atoms with van der Waals surface area (Å²) in [6.07, 6.45) is -9.20. The monoisotopic (exact) mass is 412 g/mol. The third-order valence-electron chi connectivity index (χ3n) is 4.32. The molecule has 0 saturated carbocycles. The second-order valence-electron chi connectivity index (χ2n) is 7.68. The Kier molecular flexibility index (Phi) is 6.81. The smallest absolute Gasteiger partial charge is 0.352 e. The lowest BCUT2D eigenvalue weighted by atomic mass is 9.95. The van der Waals surface area contributed by atoms with Crippen molar-refractivity contribution < 1.29 is 40.6 Å². The fourth-order valence-corrected chi connectivity index (χ4v) is 2.75. The van der Waals surface area contributed by atoms with Gasteiger partial charge in [0.05, 0.1) is 24.3 Å². The Balaban J connectivity index is 1.94. The van der Waals surface area contributed by atoms with Crippen molar-refractivity contribution in [1.29, 1.82) is 0 Å². The van der Waals surface area contributed by atoms with Crippen molar-refractivity contribution in [3.05, 3.63) is 34.9 Å². The Bertz CT molecular complexity index is 652. The number of hydrogen-bond acceptors (Lipinski definition) is 3. The number of benzene rings is 1. The molecule has 1 aromatic rings. The first-order valence-electron chi connectivity index (χ1n) is 8.84. The van der Waals surface area contributed by atoms with Crippen LogP contribution in [0.3, 0.4) is 0 Å². The molecule has 0 unspecified atom stereocenters. The standard InChI is InChI=1S/C19H22F6O3/c1-17(2)10-27-16(28-11-17)6-4-3-5-15(26)12-7-13(18(20,21)22)9-14(8-12)19(23,24)25/h7-9,16H,3-6,10-11H2,1-2H3. The molecule has 1 heterocycles. The molecule has 0 amide bonds. The molecule has 1 aliphatic heterocycles. The number of halogens is 6. The van der Waals surface area contributed by atoms with E-state index < -0.39 is 41.1 Å². The minimum Gasteiger partial charge on any atom is -0.352 e. The van der Waals surface area contributed by atoms with E-state index in [0.717, 1.165) is 0 Å². The Morgan fingerprint density at radius 1 is 0.964 bits per heavy atom. The molecular weight excluding hydrogens is 390 g/mol. The summed E-state index contributed by atoms with van der Waals surface area (Å²) in [5, 5.41) is 0. The summed E-state index contributed by atoms with van der Waals surface area (Å²) in [6.45, 7) is 5.04. The average Bonchev–Trinajstić information content (AvgIpc) is 2.57. The van der Waals surface area contributed by atoms with Crippen LogP contribution in [-0.4, -0.2) is 25.3 Å². The number of rotatable bonds is 6. The van der Waals surface area contributed by atoms with Gasteiger partial charge in [-0.1, -0.05) is 13.8 Å². The van der Waals surface area contributed by atoms with Crippen LogP contribution in [0.25, 0.3) is 0 Å². The van der Waals surface area contributed by atoms with Crippen LogP contribution in [0, 0.1) is 5.41 Å². The first-order chi connectivity index (χ1) is 12.8. The van der Waals surface area contributed by atoms with E-state index in [0.29, 0.717) is 44.6 Å². The maximum Gasteiger partial charge on any atom is 0.416 e. The minimum absolute atomic E-state index is 0.00995. The molecule has 2 rings (SSSR count). The van der Waals surface area contributed by atoms with Gasteiger partial charge in [-0.3, -0.25) is 4.79 Å². The van der Waals surface area contributed by atoms with Crippen molar-refractivity contribution in [3.8, 4) is 0 Å². The topological polar surface area (TPSA) is 35.5 Å². The van der Waals surface area contributed by atoms with Crippen LogP contribution in [-0.2, 0) is 21.8 Å². The Labute approximate surface area is 159 Å². The number of unbranched alkanes of at least 4 members (excludes halogenated alkanes) is 1. The van der Waals surface area contributed by atoms with E-state index in [9.17, 15) is 31.1 Å². The van der Waals surface area contributed by atoms with Gasteiger partial charge in [-0.05, 0) is 37.5 Å². The van der Waals surface area contributed by atoms with Gasteiger partial charge in [0.2, 0.25) is 0 Å². The minimum atomic E-state index is -4.97. The van der Waals surface area contributed by atoms with Crippen molar-refractivity contribution >= 4 is 5.78 Å². The zero-order chi connectivity index (χ0) is 21.2. The Hall–Kier alpha value is -1.61. The van der Waals surface area contributed by atoms with Gasteiger partial charge < -0.3 is 9.47 Å². The SMILES string of the molecule is CC1(C)COC(CCCCC(=O)c2cc(C(F)(F)F)cc(C(F)(F)F)c2)OC1. The maximum absolute atomic E-state index is 12.9. The zero-order valence-corrected chi connectivity index (χ0v) is 15.5. The summed E-state index contributed by atoms with van der Waals surface area (Å²) in [6, 6.07) is 0.941. The van der Waals surface area contributed by atoms with Crippen LogP contribution in [0.15, 0.2) is 18.2 Å². The highest BCUT2D eigenvalue weighted by Gasteiger charge is 2.37. The second kappa shape index (κ2) is 8.41. The molecule has 0 bridgehead atoms. The number of carbonyl (C=O) groups excluding carboxylic acids is 1. The van der Waals surface area contributed by atoms with E-state index >= 15 is 0 Å². The van der Waals surface area contributed by atoms with Crippen molar-refractivity contribution in [2.24, 2.45) is 5.41 Å². The molecule has 0 N–H and O–H groups in total. The van der Waals surface area contributed by atoms with Crippen molar-refractivity contribution in [2.75, 3.05) is 13.2 Å². The molecule has 0 aliphatic carbocycles. The third-order valence-corrected chi connectivity index (χ3v) is 4.32. The summed E-state index contributed by atoms with van der Waals surface area (Å²) in [5.41, 5.74) is -3.64. The normalized spacial score (nSPS) is 18.3. The average molecular weight is 412 g/mol. The highest BCUT2D eigenvalue weighted by molar-refractivity contribution is 5.96. The predicted octanol–water partition coefficient (Wildman–Crippen LogP) is 5.87. The van der Waals surface area contributed by atoms with Gasteiger partial charge in [-0.15, -0.1) is 0 Å². The molecule has 3 nitrogen and oxygen atoms in total. The van der Waals surface area contributed by atoms with Crippen LogP contribution in [0.5, 0.6) is 0 Å². The number of hydrogen-bond donors (Lipinski definition) is 0. The van der Waals surface area contributed by atoms with Crippen LogP contribution in [0.1, 0.15) is 61.0 Å². The Morgan fingerprint density at radius 2 is 1.46 bits per heavy atom. The molecule has 1 aliphatic rings. The van der Waals surface area contributed by atoms with E-state index in [2.05, 4.69) is 0 Å². The van der Waals surface area contributed by atoms with Gasteiger partial charge in [-0.2, -0.15) is 26.3 Å². The predicted molar refractivity (Wildman–Crippen MR) is 88.7 cm³/mol. The largest absolute Gasteiger partial charge is 0.416 e. The van der Waals surface area contributed by atoms with E-state index in [4.69, 9.17) is 9.47 Å². The van der Waals surface area contributed by atoms with Crippen LogP contribution in [0.2, 0.25) is 0 Å². The maximum atomic E-state index is 12.9. The van der Waals surface area contributed by atoms with Crippen LogP contribution < -0.4 is 0 Å². The van der Waals surface area contributed by atoms with E-state index in [1.165, 1.54) is 0 Å². The van der Waals surface area contributed by atoms with Gasteiger partial charge in [0, 0.05) is 17.4 Å². The first kappa shape index (κ1) is 22.7. The van der Waals surface area contributed by atoms with Gasteiger partial charge >= 0.3 is 12.4 Å². The van der Waals surface area contributed by atoms with Crippen LogP contribution in [0.4, 0.5) is 26.3 Å². The van der Waals surface area contributed by atoms with Crippen LogP contribution >= 0.6 is 0 Å². The lowest BCUT2D eigenvalue weighted by molar-refractivity contribution is -0.224. The third kappa shape index (κ3) is 6.48. The van der Waals surface area contributed by atoms with Crippen molar-refractivity contribution in [2.45, 2.75) is 58.2 Å². The molecule has 0 aromatic heterocycles. The van der Waals surface area contributed by atoms with Gasteiger partial charge in [-0.25, -0.2) is 0 Å². The molecule has 0 atom stereocenters. The van der Waals surface area contributed by atoms with E-state index in [-0.39, 0.29) is 17.9 Å². The fourth-order valence-electron chi connectivity index (χ4n) is 2.75. The lowest BCUT2D eigenvalue weighted by Crippen LogP contribution is -2.37. The molecule has 1 saturated heterocycles. The van der Waals surface area contributed by atoms with E-state index in [1.54, 1.807) is 0 Å². The second-order valence-corrected chi connectivity index (χ2v) is 7.68. The molecular formula is C19H22F6O3. The highest BCUT2D eigenvalue weighted by Crippen LogP contribution is 2.36. The fraction of sp³-hybridized carbons (Fsp3) is 0.632. The number of carbonyl (C=O) groups is 1. The quantitative estimate of drug-likeness (QED) is 0.333.